The van der Waals surface area contributed by atoms with Crippen molar-refractivity contribution < 1.29 is 4.79 Å². The minimum absolute atomic E-state index is 0.108. The maximum atomic E-state index is 12.3. The Morgan fingerprint density at radius 3 is 2.35 bits per heavy atom. The molecule has 0 atom stereocenters. The highest BCUT2D eigenvalue weighted by molar-refractivity contribution is 5.74. The highest BCUT2D eigenvalue weighted by Gasteiger charge is 2.23. The van der Waals surface area contributed by atoms with Gasteiger partial charge in [0, 0.05) is 25.7 Å². The highest BCUT2D eigenvalue weighted by atomic mass is 16.2. The van der Waals surface area contributed by atoms with Gasteiger partial charge < -0.3 is 9.80 Å². The average Bonchev–Trinajstić information content (AvgIpc) is 2.57. The number of amides is 2. The molecule has 0 bridgehead atoms. The van der Waals surface area contributed by atoms with Gasteiger partial charge in [0.2, 0.25) is 0 Å². The van der Waals surface area contributed by atoms with Gasteiger partial charge in [-0.05, 0) is 26.7 Å². The average molecular weight is 237 g/mol. The molecule has 4 nitrogen and oxygen atoms in total. The van der Waals surface area contributed by atoms with E-state index in [1.165, 1.54) is 12.8 Å². The molecule has 0 aliphatic carbocycles. The zero-order valence-electron chi connectivity index (χ0n) is 11.0. The van der Waals surface area contributed by atoms with Gasteiger partial charge in [0.1, 0.15) is 0 Å². The normalized spacial score (nSPS) is 16.5. The highest BCUT2D eigenvalue weighted by Crippen LogP contribution is 2.13. The third-order valence-electron chi connectivity index (χ3n) is 3.21. The van der Waals surface area contributed by atoms with Gasteiger partial charge in [-0.15, -0.1) is 0 Å². The Morgan fingerprint density at radius 2 is 1.88 bits per heavy atom. The molecule has 1 fully saturated rings. The molecule has 1 heterocycles. The van der Waals surface area contributed by atoms with Crippen LogP contribution in [-0.2, 0) is 0 Å². The summed E-state index contributed by atoms with van der Waals surface area (Å²) in [6.45, 7) is 6.30. The number of hydrogen-bond donors (Lipinski definition) is 0. The molecule has 0 spiro atoms. The molecule has 0 aromatic carbocycles. The lowest BCUT2D eigenvalue weighted by molar-refractivity contribution is 0.142. The van der Waals surface area contributed by atoms with Crippen molar-refractivity contribution in [3.8, 4) is 6.07 Å². The van der Waals surface area contributed by atoms with Gasteiger partial charge >= 0.3 is 6.03 Å². The summed E-state index contributed by atoms with van der Waals surface area (Å²) in [6, 6.07) is 2.39. The van der Waals surface area contributed by atoms with Crippen molar-refractivity contribution in [3.05, 3.63) is 0 Å². The van der Waals surface area contributed by atoms with Crippen LogP contribution in [0.5, 0.6) is 0 Å². The molecule has 1 rings (SSSR count). The van der Waals surface area contributed by atoms with E-state index in [1.54, 1.807) is 0 Å². The fourth-order valence-electron chi connectivity index (χ4n) is 2.19. The predicted octanol–water partition coefficient (Wildman–Crippen LogP) is 2.61. The monoisotopic (exact) mass is 237 g/mol. The molecular formula is C13H23N3O. The van der Waals surface area contributed by atoms with Gasteiger partial charge in [-0.3, -0.25) is 0 Å². The van der Waals surface area contributed by atoms with Crippen molar-refractivity contribution in [2.24, 2.45) is 0 Å². The Labute approximate surface area is 104 Å². The van der Waals surface area contributed by atoms with Crippen LogP contribution >= 0.6 is 0 Å². The zero-order valence-corrected chi connectivity index (χ0v) is 11.0. The van der Waals surface area contributed by atoms with Crippen LogP contribution in [0.25, 0.3) is 0 Å². The SMILES string of the molecule is CC(C)N(CCC#N)C(=O)N1CCCCCC1. The zero-order chi connectivity index (χ0) is 12.7. The lowest BCUT2D eigenvalue weighted by atomic mass is 10.2. The molecule has 17 heavy (non-hydrogen) atoms. The maximum absolute atomic E-state index is 12.3. The molecule has 1 aliphatic heterocycles. The first-order valence-electron chi connectivity index (χ1n) is 6.59. The van der Waals surface area contributed by atoms with Crippen LogP contribution < -0.4 is 0 Å². The summed E-state index contributed by atoms with van der Waals surface area (Å²) < 4.78 is 0. The Balaban J connectivity index is 2.59. The number of hydrogen-bond acceptors (Lipinski definition) is 2. The van der Waals surface area contributed by atoms with Gasteiger partial charge in [-0.2, -0.15) is 5.26 Å². The van der Waals surface area contributed by atoms with Crippen LogP contribution in [0.3, 0.4) is 0 Å². The van der Waals surface area contributed by atoms with Gasteiger partial charge in [0.05, 0.1) is 12.5 Å². The molecule has 0 N–H and O–H groups in total. The topological polar surface area (TPSA) is 47.3 Å². The van der Waals surface area contributed by atoms with Gasteiger partial charge in [0.15, 0.2) is 0 Å². The summed E-state index contributed by atoms with van der Waals surface area (Å²) >= 11 is 0. The van der Waals surface area contributed by atoms with Crippen molar-refractivity contribution in [2.75, 3.05) is 19.6 Å². The summed E-state index contributed by atoms with van der Waals surface area (Å²) in [6.07, 6.45) is 5.08. The Morgan fingerprint density at radius 1 is 1.29 bits per heavy atom. The second-order valence-electron chi connectivity index (χ2n) is 4.88. The van der Waals surface area contributed by atoms with Gasteiger partial charge in [-0.25, -0.2) is 4.79 Å². The van der Waals surface area contributed by atoms with E-state index in [1.807, 2.05) is 23.6 Å². The summed E-state index contributed by atoms with van der Waals surface area (Å²) in [5.41, 5.74) is 0. The Kier molecular flexibility index (Phi) is 5.82. The van der Waals surface area contributed by atoms with E-state index in [0.717, 1.165) is 25.9 Å². The Bertz CT molecular complexity index is 275. The second-order valence-corrected chi connectivity index (χ2v) is 4.88. The van der Waals surface area contributed by atoms with Crippen molar-refractivity contribution in [1.82, 2.24) is 9.80 Å². The summed E-state index contributed by atoms with van der Waals surface area (Å²) in [4.78, 5) is 16.1. The van der Waals surface area contributed by atoms with Crippen LogP contribution in [0.1, 0.15) is 46.0 Å². The minimum Gasteiger partial charge on any atom is -0.325 e. The molecule has 1 saturated heterocycles. The van der Waals surface area contributed by atoms with Crippen molar-refractivity contribution in [3.63, 3.8) is 0 Å². The summed E-state index contributed by atoms with van der Waals surface area (Å²) in [5, 5.41) is 8.63. The molecule has 4 heteroatoms. The van der Waals surface area contributed by atoms with Crippen molar-refractivity contribution in [2.45, 2.75) is 52.0 Å². The van der Waals surface area contributed by atoms with Crippen molar-refractivity contribution >= 4 is 6.03 Å². The standard InChI is InChI=1S/C13H23N3O/c1-12(2)16(11-7-8-14)13(17)15-9-5-3-4-6-10-15/h12H,3-7,9-11H2,1-2H3. The van der Waals surface area contributed by atoms with E-state index < -0.39 is 0 Å². The molecule has 0 saturated carbocycles. The van der Waals surface area contributed by atoms with Crippen LogP contribution in [0.2, 0.25) is 0 Å². The molecule has 96 valence electrons. The van der Waals surface area contributed by atoms with E-state index in [0.29, 0.717) is 13.0 Å². The predicted molar refractivity (Wildman–Crippen MR) is 67.5 cm³/mol. The lowest BCUT2D eigenvalue weighted by Crippen LogP contribution is -2.47. The van der Waals surface area contributed by atoms with Crippen LogP contribution in [0.4, 0.5) is 4.79 Å². The number of carbonyl (C=O) groups excluding carboxylic acids is 1. The second kappa shape index (κ2) is 7.16. The third-order valence-corrected chi connectivity index (χ3v) is 3.21. The quantitative estimate of drug-likeness (QED) is 0.757. The fourth-order valence-corrected chi connectivity index (χ4v) is 2.19. The largest absolute Gasteiger partial charge is 0.325 e. The Hall–Kier alpha value is -1.24. The number of nitriles is 1. The number of rotatable bonds is 3. The summed E-state index contributed by atoms with van der Waals surface area (Å²) in [5.74, 6) is 0. The van der Waals surface area contributed by atoms with E-state index in [4.69, 9.17) is 5.26 Å². The number of likely N-dealkylation sites (tertiary alicyclic amines) is 1. The number of urea groups is 1. The van der Waals surface area contributed by atoms with Crippen molar-refractivity contribution in [1.29, 1.82) is 5.26 Å². The minimum atomic E-state index is 0.108. The molecule has 0 aromatic heterocycles. The lowest BCUT2D eigenvalue weighted by Gasteiger charge is -2.32. The molecule has 0 aromatic rings. The molecule has 2 amide bonds. The van der Waals surface area contributed by atoms with Crippen LogP contribution in [0, 0.1) is 11.3 Å². The van der Waals surface area contributed by atoms with E-state index in [9.17, 15) is 4.79 Å². The first-order chi connectivity index (χ1) is 8.16. The number of carbonyl (C=O) groups is 1. The molecular weight excluding hydrogens is 214 g/mol. The third kappa shape index (κ3) is 4.26. The molecule has 1 aliphatic rings. The van der Waals surface area contributed by atoms with E-state index in [-0.39, 0.29) is 12.1 Å². The first-order valence-corrected chi connectivity index (χ1v) is 6.59. The van der Waals surface area contributed by atoms with Gasteiger partial charge in [-0.1, -0.05) is 12.8 Å². The molecule has 0 radical (unpaired) electrons. The molecule has 0 unspecified atom stereocenters. The van der Waals surface area contributed by atoms with Crippen LogP contribution in [-0.4, -0.2) is 41.5 Å². The smallest absolute Gasteiger partial charge is 0.320 e. The van der Waals surface area contributed by atoms with E-state index >= 15 is 0 Å². The fraction of sp³-hybridized carbons (Fsp3) is 0.846. The summed E-state index contributed by atoms with van der Waals surface area (Å²) in [7, 11) is 0. The van der Waals surface area contributed by atoms with Gasteiger partial charge in [0.25, 0.3) is 0 Å². The first kappa shape index (κ1) is 13.8. The van der Waals surface area contributed by atoms with E-state index in [2.05, 4.69) is 6.07 Å². The number of nitrogens with zero attached hydrogens (tertiary/aromatic N) is 3. The maximum Gasteiger partial charge on any atom is 0.320 e. The van der Waals surface area contributed by atoms with Crippen LogP contribution in [0.15, 0.2) is 0 Å².